The number of aryl methyl sites for hydroxylation is 1. The highest BCUT2D eigenvalue weighted by Gasteiger charge is 2.10. The first-order chi connectivity index (χ1) is 11.6. The lowest BCUT2D eigenvalue weighted by Crippen LogP contribution is -1.92. The number of thiazole rings is 1. The summed E-state index contributed by atoms with van der Waals surface area (Å²) in [4.78, 5) is 4.67. The van der Waals surface area contributed by atoms with Crippen molar-refractivity contribution in [2.24, 2.45) is 5.92 Å². The second-order valence-corrected chi connectivity index (χ2v) is 8.62. The van der Waals surface area contributed by atoms with E-state index in [4.69, 9.17) is 4.42 Å². The predicted molar refractivity (Wildman–Crippen MR) is 102 cm³/mol. The number of benzene rings is 1. The van der Waals surface area contributed by atoms with E-state index in [1.54, 1.807) is 11.3 Å². The van der Waals surface area contributed by atoms with Crippen LogP contribution in [0.3, 0.4) is 0 Å². The van der Waals surface area contributed by atoms with Crippen LogP contribution in [0.15, 0.2) is 43.8 Å². The van der Waals surface area contributed by atoms with Crippen LogP contribution in [-0.4, -0.2) is 15.2 Å². The number of hydrogen-bond acceptors (Lipinski definition) is 6. The third kappa shape index (κ3) is 4.91. The summed E-state index contributed by atoms with van der Waals surface area (Å²) in [5, 5.41) is 12.1. The zero-order chi connectivity index (χ0) is 16.9. The van der Waals surface area contributed by atoms with Gasteiger partial charge in [-0.25, -0.2) is 4.98 Å². The maximum Gasteiger partial charge on any atom is 0.277 e. The minimum atomic E-state index is 0.543. The zero-order valence-electron chi connectivity index (χ0n) is 13.5. The van der Waals surface area contributed by atoms with Gasteiger partial charge in [-0.2, -0.15) is 0 Å². The topological polar surface area (TPSA) is 51.8 Å². The van der Waals surface area contributed by atoms with Gasteiger partial charge in [-0.3, -0.25) is 0 Å². The fraction of sp³-hybridized carbons (Fsp3) is 0.353. The molecular formula is C17H18BrN3OS2. The Labute approximate surface area is 158 Å². The molecule has 0 amide bonds. The average molecular weight is 424 g/mol. The van der Waals surface area contributed by atoms with Gasteiger partial charge in [0.25, 0.3) is 5.22 Å². The molecule has 0 unspecified atom stereocenters. The summed E-state index contributed by atoms with van der Waals surface area (Å²) < 4.78 is 6.74. The molecule has 7 heteroatoms. The Morgan fingerprint density at radius 1 is 1.21 bits per heavy atom. The molecule has 2 heterocycles. The predicted octanol–water partition coefficient (Wildman–Crippen LogP) is 5.84. The highest BCUT2D eigenvalue weighted by Crippen LogP contribution is 2.27. The molecule has 0 saturated carbocycles. The van der Waals surface area contributed by atoms with E-state index in [9.17, 15) is 0 Å². The summed E-state index contributed by atoms with van der Waals surface area (Å²) in [5.41, 5.74) is 1.99. The second-order valence-electron chi connectivity index (χ2n) is 5.83. The standard InChI is InChI=1S/C17H18BrN3OS2/c1-11(2)3-8-15-19-14(9-23-15)10-24-17-21-20-16(22-17)12-4-6-13(18)7-5-12/h4-7,9,11H,3,8,10H2,1-2H3. The molecule has 3 rings (SSSR count). The van der Waals surface area contributed by atoms with Crippen molar-refractivity contribution in [3.8, 4) is 11.5 Å². The van der Waals surface area contributed by atoms with E-state index < -0.39 is 0 Å². The van der Waals surface area contributed by atoms with Crippen LogP contribution in [0, 0.1) is 5.92 Å². The van der Waals surface area contributed by atoms with E-state index >= 15 is 0 Å². The first kappa shape index (κ1) is 17.6. The van der Waals surface area contributed by atoms with E-state index in [1.807, 2.05) is 24.3 Å². The fourth-order valence-electron chi connectivity index (χ4n) is 2.06. The van der Waals surface area contributed by atoms with Gasteiger partial charge in [0.1, 0.15) is 0 Å². The molecule has 0 spiro atoms. The first-order valence-corrected chi connectivity index (χ1v) is 10.4. The average Bonchev–Trinajstić information content (AvgIpc) is 3.21. The molecular weight excluding hydrogens is 406 g/mol. The van der Waals surface area contributed by atoms with Crippen molar-refractivity contribution in [2.45, 2.75) is 37.7 Å². The molecule has 0 aliphatic carbocycles. The van der Waals surface area contributed by atoms with Crippen LogP contribution < -0.4 is 0 Å². The maximum atomic E-state index is 5.72. The molecule has 0 fully saturated rings. The second kappa shape index (κ2) is 8.27. The highest BCUT2D eigenvalue weighted by molar-refractivity contribution is 9.10. The van der Waals surface area contributed by atoms with Crippen molar-refractivity contribution in [1.29, 1.82) is 0 Å². The molecule has 2 aromatic heterocycles. The summed E-state index contributed by atoms with van der Waals surface area (Å²) in [5.74, 6) is 2.00. The van der Waals surface area contributed by atoms with E-state index in [2.05, 4.69) is 50.3 Å². The van der Waals surface area contributed by atoms with E-state index in [0.29, 0.717) is 17.0 Å². The fourth-order valence-corrected chi connectivity index (χ4v) is 3.89. The quantitative estimate of drug-likeness (QED) is 0.446. The van der Waals surface area contributed by atoms with Gasteiger partial charge in [0.15, 0.2) is 0 Å². The van der Waals surface area contributed by atoms with Crippen LogP contribution in [0.1, 0.15) is 31.0 Å². The molecule has 0 aliphatic rings. The molecule has 0 N–H and O–H groups in total. The zero-order valence-corrected chi connectivity index (χ0v) is 16.7. The Hall–Kier alpha value is -1.18. The molecule has 3 aromatic rings. The lowest BCUT2D eigenvalue weighted by Gasteiger charge is -2.00. The molecule has 1 aromatic carbocycles. The van der Waals surface area contributed by atoms with Crippen molar-refractivity contribution in [2.75, 3.05) is 0 Å². The molecule has 0 radical (unpaired) electrons. The smallest absolute Gasteiger partial charge is 0.277 e. The van der Waals surface area contributed by atoms with Gasteiger partial charge in [-0.1, -0.05) is 41.5 Å². The van der Waals surface area contributed by atoms with Crippen LogP contribution in [0.5, 0.6) is 0 Å². The Morgan fingerprint density at radius 3 is 2.75 bits per heavy atom. The van der Waals surface area contributed by atoms with Gasteiger partial charge >= 0.3 is 0 Å². The molecule has 126 valence electrons. The molecule has 24 heavy (non-hydrogen) atoms. The van der Waals surface area contributed by atoms with E-state index in [0.717, 1.165) is 27.9 Å². The monoisotopic (exact) mass is 423 g/mol. The number of rotatable bonds is 7. The van der Waals surface area contributed by atoms with Gasteiger partial charge in [0.05, 0.1) is 10.7 Å². The summed E-state index contributed by atoms with van der Waals surface area (Å²) in [7, 11) is 0. The van der Waals surface area contributed by atoms with Gasteiger partial charge < -0.3 is 4.42 Å². The number of thioether (sulfide) groups is 1. The summed E-state index contributed by atoms with van der Waals surface area (Å²) in [6, 6.07) is 7.82. The van der Waals surface area contributed by atoms with Crippen molar-refractivity contribution >= 4 is 39.0 Å². The largest absolute Gasteiger partial charge is 0.411 e. The Morgan fingerprint density at radius 2 is 2.00 bits per heavy atom. The van der Waals surface area contributed by atoms with E-state index in [-0.39, 0.29) is 0 Å². The van der Waals surface area contributed by atoms with E-state index in [1.165, 1.54) is 23.2 Å². The summed E-state index contributed by atoms with van der Waals surface area (Å²) in [6.45, 7) is 4.48. The lowest BCUT2D eigenvalue weighted by molar-refractivity contribution is 0.466. The van der Waals surface area contributed by atoms with Crippen LogP contribution >= 0.6 is 39.0 Å². The Bertz CT molecular complexity index is 783. The number of hydrogen-bond donors (Lipinski definition) is 0. The minimum absolute atomic E-state index is 0.543. The van der Waals surface area contributed by atoms with Crippen LogP contribution in [0.4, 0.5) is 0 Å². The number of halogens is 1. The molecule has 0 atom stereocenters. The van der Waals surface area contributed by atoms with Gasteiger partial charge in [0, 0.05) is 21.2 Å². The number of aromatic nitrogens is 3. The molecule has 0 bridgehead atoms. The Kier molecular flexibility index (Phi) is 6.08. The van der Waals surface area contributed by atoms with Crippen LogP contribution in [0.25, 0.3) is 11.5 Å². The van der Waals surface area contributed by atoms with Gasteiger partial charge in [-0.05, 0) is 43.0 Å². The third-order valence-electron chi connectivity index (χ3n) is 3.38. The summed E-state index contributed by atoms with van der Waals surface area (Å²) >= 11 is 6.68. The van der Waals surface area contributed by atoms with Crippen LogP contribution in [0.2, 0.25) is 0 Å². The maximum absolute atomic E-state index is 5.72. The van der Waals surface area contributed by atoms with Gasteiger partial charge in [0.2, 0.25) is 5.89 Å². The van der Waals surface area contributed by atoms with Crippen LogP contribution in [-0.2, 0) is 12.2 Å². The van der Waals surface area contributed by atoms with Crippen molar-refractivity contribution in [3.05, 3.63) is 44.8 Å². The lowest BCUT2D eigenvalue weighted by atomic mass is 10.1. The molecule has 4 nitrogen and oxygen atoms in total. The van der Waals surface area contributed by atoms with Gasteiger partial charge in [-0.15, -0.1) is 21.5 Å². The van der Waals surface area contributed by atoms with Crippen molar-refractivity contribution in [1.82, 2.24) is 15.2 Å². The molecule has 0 saturated heterocycles. The number of nitrogens with zero attached hydrogens (tertiary/aromatic N) is 3. The van der Waals surface area contributed by atoms with Crippen molar-refractivity contribution < 1.29 is 4.42 Å². The SMILES string of the molecule is CC(C)CCc1nc(CSc2nnc(-c3ccc(Br)cc3)o2)cs1. The third-order valence-corrected chi connectivity index (χ3v) is 5.71. The Balaban J connectivity index is 1.56. The van der Waals surface area contributed by atoms with Crippen molar-refractivity contribution in [3.63, 3.8) is 0 Å². The minimum Gasteiger partial charge on any atom is -0.411 e. The summed E-state index contributed by atoms with van der Waals surface area (Å²) in [6.07, 6.45) is 2.24. The first-order valence-electron chi connectivity index (χ1n) is 7.75. The normalized spacial score (nSPS) is 11.3. The molecule has 0 aliphatic heterocycles. The highest BCUT2D eigenvalue weighted by atomic mass is 79.9.